The average molecular weight is 285 g/mol. The van der Waals surface area contributed by atoms with E-state index in [0.29, 0.717) is 10.6 Å². The summed E-state index contributed by atoms with van der Waals surface area (Å²) >= 11 is 8.71. The highest BCUT2D eigenvalue weighted by molar-refractivity contribution is 8.01. The van der Waals surface area contributed by atoms with Crippen molar-refractivity contribution in [1.29, 1.82) is 0 Å². The molecule has 0 saturated carbocycles. The quantitative estimate of drug-likeness (QED) is 0.803. The van der Waals surface area contributed by atoms with Crippen LogP contribution in [0.4, 0.5) is 0 Å². The van der Waals surface area contributed by atoms with E-state index in [9.17, 15) is 4.79 Å². The first-order chi connectivity index (χ1) is 8.24. The normalized spacial score (nSPS) is 10.5. The first-order valence-corrected chi connectivity index (χ1v) is 6.95. The minimum atomic E-state index is 0.463. The van der Waals surface area contributed by atoms with E-state index >= 15 is 0 Å². The van der Waals surface area contributed by atoms with Crippen LogP contribution in [0.15, 0.2) is 27.4 Å². The number of hydrogen-bond donors (Lipinski definition) is 0. The molecule has 0 spiro atoms. The van der Waals surface area contributed by atoms with E-state index in [2.05, 4.69) is 9.36 Å². The summed E-state index contributed by atoms with van der Waals surface area (Å²) in [6.07, 6.45) is 1.58. The van der Waals surface area contributed by atoms with Gasteiger partial charge >= 0.3 is 0 Å². The van der Waals surface area contributed by atoms with Crippen LogP contribution in [0.1, 0.15) is 23.1 Å². The largest absolute Gasteiger partial charge is 0.298 e. The average Bonchev–Trinajstić information content (AvgIpc) is 2.77. The van der Waals surface area contributed by atoms with Crippen LogP contribution in [0, 0.1) is 0 Å². The number of aryl methyl sites for hydroxylation is 1. The number of rotatable bonds is 4. The van der Waals surface area contributed by atoms with Gasteiger partial charge in [-0.05, 0) is 23.7 Å². The number of halogens is 1. The second-order valence-electron chi connectivity index (χ2n) is 3.20. The van der Waals surface area contributed by atoms with Gasteiger partial charge in [-0.15, -0.1) is 0 Å². The Morgan fingerprint density at radius 2 is 2.35 bits per heavy atom. The number of hydrogen-bond acceptors (Lipinski definition) is 5. The van der Waals surface area contributed by atoms with Crippen LogP contribution in [0.3, 0.4) is 0 Å². The molecule has 1 aromatic heterocycles. The molecule has 88 valence electrons. The summed E-state index contributed by atoms with van der Waals surface area (Å²) in [7, 11) is 0. The molecule has 1 heterocycles. The van der Waals surface area contributed by atoms with Crippen molar-refractivity contribution in [2.24, 2.45) is 0 Å². The summed E-state index contributed by atoms with van der Waals surface area (Å²) in [6, 6.07) is 5.37. The van der Waals surface area contributed by atoms with Crippen molar-refractivity contribution < 1.29 is 4.79 Å². The Morgan fingerprint density at radius 3 is 3.00 bits per heavy atom. The monoisotopic (exact) mass is 284 g/mol. The van der Waals surface area contributed by atoms with Gasteiger partial charge in [0.1, 0.15) is 5.82 Å². The van der Waals surface area contributed by atoms with Crippen molar-refractivity contribution in [3.8, 4) is 0 Å². The first-order valence-electron chi connectivity index (χ1n) is 4.98. The van der Waals surface area contributed by atoms with Crippen molar-refractivity contribution in [2.75, 3.05) is 0 Å². The Balaban J connectivity index is 2.29. The number of carbonyl (C=O) groups is 1. The van der Waals surface area contributed by atoms with Crippen molar-refractivity contribution in [2.45, 2.75) is 22.6 Å². The van der Waals surface area contributed by atoms with E-state index in [0.717, 1.165) is 27.8 Å². The topological polar surface area (TPSA) is 42.9 Å². The van der Waals surface area contributed by atoms with E-state index in [1.54, 1.807) is 6.07 Å². The van der Waals surface area contributed by atoms with Crippen molar-refractivity contribution in [1.82, 2.24) is 9.36 Å². The van der Waals surface area contributed by atoms with Gasteiger partial charge in [0.15, 0.2) is 10.6 Å². The fraction of sp³-hybridized carbons (Fsp3) is 0.182. The summed E-state index contributed by atoms with van der Waals surface area (Å²) in [6.45, 7) is 2.01. The standard InChI is InChI=1S/C11H9ClN2OS2/c1-2-10-13-11(17-14-10)16-9-5-3-4-8(12)7(9)6-15/h3-6H,2H2,1H3. The molecule has 0 amide bonds. The van der Waals surface area contributed by atoms with Gasteiger partial charge in [-0.1, -0.05) is 36.4 Å². The predicted octanol–water partition coefficient (Wildman–Crippen LogP) is 3.72. The van der Waals surface area contributed by atoms with E-state index in [1.165, 1.54) is 23.3 Å². The maximum absolute atomic E-state index is 11.0. The summed E-state index contributed by atoms with van der Waals surface area (Å²) < 4.78 is 5.02. The number of aldehydes is 1. The highest BCUT2D eigenvalue weighted by Crippen LogP contribution is 2.33. The maximum atomic E-state index is 11.0. The van der Waals surface area contributed by atoms with Gasteiger partial charge in [-0.3, -0.25) is 4.79 Å². The van der Waals surface area contributed by atoms with E-state index in [1.807, 2.05) is 19.1 Å². The van der Waals surface area contributed by atoms with Gasteiger partial charge in [-0.25, -0.2) is 4.98 Å². The van der Waals surface area contributed by atoms with Crippen LogP contribution in [0.2, 0.25) is 5.02 Å². The molecule has 0 aliphatic heterocycles. The summed E-state index contributed by atoms with van der Waals surface area (Å²) in [4.78, 5) is 16.1. The first kappa shape index (κ1) is 12.5. The minimum Gasteiger partial charge on any atom is -0.298 e. The van der Waals surface area contributed by atoms with Gasteiger partial charge in [0.25, 0.3) is 0 Å². The molecule has 1 aromatic carbocycles. The van der Waals surface area contributed by atoms with E-state index in [-0.39, 0.29) is 0 Å². The van der Waals surface area contributed by atoms with Crippen LogP contribution in [-0.2, 0) is 6.42 Å². The molecule has 0 saturated heterocycles. The second kappa shape index (κ2) is 5.62. The highest BCUT2D eigenvalue weighted by atomic mass is 35.5. The van der Waals surface area contributed by atoms with Gasteiger partial charge in [-0.2, -0.15) is 4.37 Å². The molecule has 17 heavy (non-hydrogen) atoms. The molecule has 0 unspecified atom stereocenters. The van der Waals surface area contributed by atoms with Crippen LogP contribution < -0.4 is 0 Å². The summed E-state index contributed by atoms with van der Waals surface area (Å²) in [5.74, 6) is 0.826. The van der Waals surface area contributed by atoms with E-state index in [4.69, 9.17) is 11.6 Å². The zero-order valence-electron chi connectivity index (χ0n) is 9.01. The molecule has 0 bridgehead atoms. The fourth-order valence-electron chi connectivity index (χ4n) is 1.24. The molecule has 3 nitrogen and oxygen atoms in total. The van der Waals surface area contributed by atoms with Gasteiger partial charge in [0, 0.05) is 16.9 Å². The van der Waals surface area contributed by atoms with E-state index < -0.39 is 0 Å². The van der Waals surface area contributed by atoms with Crippen molar-refractivity contribution >= 4 is 41.2 Å². The molecule has 2 rings (SSSR count). The third-order valence-electron chi connectivity index (χ3n) is 2.09. The van der Waals surface area contributed by atoms with Gasteiger partial charge < -0.3 is 0 Å². The molecule has 0 aliphatic carbocycles. The van der Waals surface area contributed by atoms with Crippen LogP contribution in [0.5, 0.6) is 0 Å². The van der Waals surface area contributed by atoms with Gasteiger partial charge in [0.2, 0.25) is 0 Å². The number of carbonyl (C=O) groups excluding carboxylic acids is 1. The number of nitrogens with zero attached hydrogens (tertiary/aromatic N) is 2. The SMILES string of the molecule is CCc1nsc(Sc2cccc(Cl)c2C=O)n1. The molecule has 0 fully saturated rings. The Hall–Kier alpha value is -0.910. The zero-order valence-corrected chi connectivity index (χ0v) is 11.4. The van der Waals surface area contributed by atoms with Crippen molar-refractivity contribution in [3.05, 3.63) is 34.6 Å². The Labute approximate surface area is 112 Å². The summed E-state index contributed by atoms with van der Waals surface area (Å²) in [5, 5.41) is 0.463. The van der Waals surface area contributed by atoms with Crippen molar-refractivity contribution in [3.63, 3.8) is 0 Å². The molecule has 0 N–H and O–H groups in total. The molecule has 0 aliphatic rings. The number of aromatic nitrogens is 2. The smallest absolute Gasteiger partial charge is 0.174 e. The molecular formula is C11H9ClN2OS2. The Kier molecular flexibility index (Phi) is 4.15. The molecular weight excluding hydrogens is 276 g/mol. The lowest BCUT2D eigenvalue weighted by molar-refractivity contribution is 0.112. The van der Waals surface area contributed by atoms with Crippen LogP contribution in [-0.4, -0.2) is 15.6 Å². The summed E-state index contributed by atoms with van der Waals surface area (Å²) in [5.41, 5.74) is 0.507. The zero-order chi connectivity index (χ0) is 12.3. The highest BCUT2D eigenvalue weighted by Gasteiger charge is 2.10. The van der Waals surface area contributed by atoms with Crippen LogP contribution >= 0.6 is 34.9 Å². The third kappa shape index (κ3) is 2.86. The molecule has 6 heteroatoms. The lowest BCUT2D eigenvalue weighted by Crippen LogP contribution is -1.86. The predicted molar refractivity (Wildman–Crippen MR) is 70.2 cm³/mol. The minimum absolute atomic E-state index is 0.463. The Morgan fingerprint density at radius 1 is 1.53 bits per heavy atom. The second-order valence-corrected chi connectivity index (χ2v) is 5.65. The maximum Gasteiger partial charge on any atom is 0.174 e. The third-order valence-corrected chi connectivity index (χ3v) is 4.29. The molecule has 0 radical (unpaired) electrons. The lowest BCUT2D eigenvalue weighted by Gasteiger charge is -2.02. The lowest BCUT2D eigenvalue weighted by atomic mass is 10.2. The molecule has 0 atom stereocenters. The van der Waals surface area contributed by atoms with Gasteiger partial charge in [0.05, 0.1) is 5.02 Å². The molecule has 2 aromatic rings. The Bertz CT molecular complexity index is 542. The number of benzene rings is 1. The van der Waals surface area contributed by atoms with Crippen LogP contribution in [0.25, 0.3) is 0 Å². The fourth-order valence-corrected chi connectivity index (χ4v) is 3.30.